The van der Waals surface area contributed by atoms with Crippen molar-refractivity contribution in [2.45, 2.75) is 33.6 Å². The van der Waals surface area contributed by atoms with Gasteiger partial charge in [-0.2, -0.15) is 0 Å². The standard InChI is InChI=1S/C17H18N2OS/c1-10(2)13-5-7-14(8-6-13)16-12(4)21-17-18-11(3)15(9-20)19(16)17/h5-10H,1-4H3. The van der Waals surface area contributed by atoms with E-state index in [4.69, 9.17) is 0 Å². The van der Waals surface area contributed by atoms with Crippen LogP contribution in [0.1, 0.15) is 46.4 Å². The molecule has 3 aromatic rings. The van der Waals surface area contributed by atoms with Crippen molar-refractivity contribution in [3.63, 3.8) is 0 Å². The number of carbonyl (C=O) groups is 1. The van der Waals surface area contributed by atoms with Gasteiger partial charge in [0.2, 0.25) is 0 Å². The van der Waals surface area contributed by atoms with E-state index in [1.807, 2.05) is 11.3 Å². The smallest absolute Gasteiger partial charge is 0.195 e. The Bertz CT molecular complexity index is 810. The van der Waals surface area contributed by atoms with E-state index >= 15 is 0 Å². The number of aromatic nitrogens is 2. The minimum Gasteiger partial charge on any atom is -0.296 e. The van der Waals surface area contributed by atoms with Crippen LogP contribution < -0.4 is 0 Å². The molecule has 21 heavy (non-hydrogen) atoms. The number of thiazole rings is 1. The number of rotatable bonds is 3. The zero-order valence-electron chi connectivity index (χ0n) is 12.7. The molecular formula is C17H18N2OS. The lowest BCUT2D eigenvalue weighted by Crippen LogP contribution is -1.95. The summed E-state index contributed by atoms with van der Waals surface area (Å²) in [7, 11) is 0. The van der Waals surface area contributed by atoms with Gasteiger partial charge in [-0.15, -0.1) is 11.3 Å². The molecule has 0 saturated carbocycles. The molecule has 0 bridgehead atoms. The summed E-state index contributed by atoms with van der Waals surface area (Å²) in [6, 6.07) is 8.59. The predicted octanol–water partition coefficient (Wildman–Crippen LogP) is 4.62. The van der Waals surface area contributed by atoms with Crippen LogP contribution >= 0.6 is 11.3 Å². The molecular weight excluding hydrogens is 280 g/mol. The highest BCUT2D eigenvalue weighted by Crippen LogP contribution is 2.33. The Hall–Kier alpha value is -1.94. The van der Waals surface area contributed by atoms with E-state index in [0.717, 1.165) is 28.2 Å². The summed E-state index contributed by atoms with van der Waals surface area (Å²) >= 11 is 1.63. The normalized spacial score (nSPS) is 11.5. The summed E-state index contributed by atoms with van der Waals surface area (Å²) in [6.07, 6.45) is 0.896. The molecule has 108 valence electrons. The van der Waals surface area contributed by atoms with Crippen molar-refractivity contribution in [2.24, 2.45) is 0 Å². The summed E-state index contributed by atoms with van der Waals surface area (Å²) in [4.78, 5) is 17.9. The third-order valence-electron chi connectivity index (χ3n) is 3.83. The Morgan fingerprint density at radius 1 is 1.19 bits per heavy atom. The minimum absolute atomic E-state index is 0.517. The second-order valence-electron chi connectivity index (χ2n) is 5.60. The molecule has 1 aromatic carbocycles. The van der Waals surface area contributed by atoms with Gasteiger partial charge in [-0.1, -0.05) is 38.1 Å². The lowest BCUT2D eigenvalue weighted by molar-refractivity contribution is 0.111. The summed E-state index contributed by atoms with van der Waals surface area (Å²) in [6.45, 7) is 8.33. The van der Waals surface area contributed by atoms with Gasteiger partial charge >= 0.3 is 0 Å². The predicted molar refractivity (Wildman–Crippen MR) is 87.5 cm³/mol. The molecule has 0 aliphatic rings. The Balaban J connectivity index is 2.23. The number of hydrogen-bond donors (Lipinski definition) is 0. The van der Waals surface area contributed by atoms with Crippen LogP contribution in [0.5, 0.6) is 0 Å². The van der Waals surface area contributed by atoms with Gasteiger partial charge in [0.05, 0.1) is 11.4 Å². The summed E-state index contributed by atoms with van der Waals surface area (Å²) in [5.41, 5.74) is 4.96. The fraction of sp³-hybridized carbons (Fsp3) is 0.294. The van der Waals surface area contributed by atoms with Gasteiger partial charge in [0.15, 0.2) is 11.2 Å². The Labute approximate surface area is 128 Å². The lowest BCUT2D eigenvalue weighted by Gasteiger charge is -2.08. The number of imidazole rings is 1. The van der Waals surface area contributed by atoms with Gasteiger partial charge in [-0.25, -0.2) is 4.98 Å². The number of aldehydes is 1. The van der Waals surface area contributed by atoms with E-state index in [-0.39, 0.29) is 0 Å². The molecule has 0 N–H and O–H groups in total. The number of benzene rings is 1. The Morgan fingerprint density at radius 3 is 2.43 bits per heavy atom. The minimum atomic E-state index is 0.517. The average molecular weight is 298 g/mol. The van der Waals surface area contributed by atoms with Crippen LogP contribution in [0.4, 0.5) is 0 Å². The first-order valence-electron chi connectivity index (χ1n) is 7.07. The topological polar surface area (TPSA) is 34.4 Å². The summed E-state index contributed by atoms with van der Waals surface area (Å²) < 4.78 is 1.98. The van der Waals surface area contributed by atoms with Gasteiger partial charge in [0.25, 0.3) is 0 Å². The fourth-order valence-electron chi connectivity index (χ4n) is 2.64. The van der Waals surface area contributed by atoms with E-state index in [1.165, 1.54) is 10.4 Å². The largest absolute Gasteiger partial charge is 0.296 e. The van der Waals surface area contributed by atoms with Crippen LogP contribution in [-0.2, 0) is 0 Å². The molecule has 3 rings (SSSR count). The van der Waals surface area contributed by atoms with Crippen LogP contribution in [-0.4, -0.2) is 15.7 Å². The highest BCUT2D eigenvalue weighted by molar-refractivity contribution is 7.17. The monoisotopic (exact) mass is 298 g/mol. The molecule has 0 radical (unpaired) electrons. The second kappa shape index (κ2) is 5.11. The van der Waals surface area contributed by atoms with Gasteiger partial charge < -0.3 is 0 Å². The number of carbonyl (C=O) groups excluding carboxylic acids is 1. The Kier molecular flexibility index (Phi) is 3.41. The SMILES string of the molecule is Cc1nc2sc(C)c(-c3ccc(C(C)C)cc3)n2c1C=O. The van der Waals surface area contributed by atoms with Gasteiger partial charge in [0, 0.05) is 4.88 Å². The highest BCUT2D eigenvalue weighted by Gasteiger charge is 2.17. The third-order valence-corrected chi connectivity index (χ3v) is 4.79. The number of hydrogen-bond acceptors (Lipinski definition) is 3. The quantitative estimate of drug-likeness (QED) is 0.661. The van der Waals surface area contributed by atoms with Gasteiger partial charge in [0.1, 0.15) is 5.69 Å². The maximum atomic E-state index is 11.4. The zero-order valence-corrected chi connectivity index (χ0v) is 13.5. The van der Waals surface area contributed by atoms with Gasteiger partial charge in [-0.05, 0) is 30.9 Å². The van der Waals surface area contributed by atoms with Crippen molar-refractivity contribution in [2.75, 3.05) is 0 Å². The molecule has 0 spiro atoms. The molecule has 0 aliphatic heterocycles. The maximum absolute atomic E-state index is 11.4. The molecule has 2 heterocycles. The number of aryl methyl sites for hydroxylation is 2. The second-order valence-corrected chi connectivity index (χ2v) is 6.78. The zero-order chi connectivity index (χ0) is 15.1. The molecule has 0 unspecified atom stereocenters. The van der Waals surface area contributed by atoms with E-state index in [0.29, 0.717) is 11.6 Å². The van der Waals surface area contributed by atoms with Crippen LogP contribution in [0.2, 0.25) is 0 Å². The van der Waals surface area contributed by atoms with E-state index in [2.05, 4.69) is 50.0 Å². The van der Waals surface area contributed by atoms with Crippen molar-refractivity contribution in [3.8, 4) is 11.3 Å². The van der Waals surface area contributed by atoms with Crippen LogP contribution in [0.15, 0.2) is 24.3 Å². The molecule has 0 atom stereocenters. The molecule has 0 aliphatic carbocycles. The first kappa shape index (κ1) is 14.0. The number of fused-ring (bicyclic) bond motifs is 1. The van der Waals surface area contributed by atoms with Crippen molar-refractivity contribution in [1.82, 2.24) is 9.38 Å². The molecule has 3 nitrogen and oxygen atoms in total. The molecule has 0 saturated heterocycles. The number of nitrogens with zero attached hydrogens (tertiary/aromatic N) is 2. The average Bonchev–Trinajstić information content (AvgIpc) is 2.91. The van der Waals surface area contributed by atoms with E-state index in [1.54, 1.807) is 11.3 Å². The van der Waals surface area contributed by atoms with Crippen LogP contribution in [0.3, 0.4) is 0 Å². The first-order valence-corrected chi connectivity index (χ1v) is 7.88. The fourth-order valence-corrected chi connectivity index (χ4v) is 3.68. The van der Waals surface area contributed by atoms with Crippen LogP contribution in [0, 0.1) is 13.8 Å². The van der Waals surface area contributed by atoms with Gasteiger partial charge in [-0.3, -0.25) is 9.20 Å². The molecule has 0 fully saturated rings. The van der Waals surface area contributed by atoms with Crippen molar-refractivity contribution >= 4 is 22.6 Å². The summed E-state index contributed by atoms with van der Waals surface area (Å²) in [5, 5.41) is 0. The highest BCUT2D eigenvalue weighted by atomic mass is 32.1. The third kappa shape index (κ3) is 2.20. The van der Waals surface area contributed by atoms with Crippen molar-refractivity contribution in [3.05, 3.63) is 46.1 Å². The van der Waals surface area contributed by atoms with Crippen LogP contribution in [0.25, 0.3) is 16.2 Å². The van der Waals surface area contributed by atoms with E-state index in [9.17, 15) is 4.79 Å². The summed E-state index contributed by atoms with van der Waals surface area (Å²) in [5.74, 6) is 0.517. The molecule has 2 aromatic heterocycles. The van der Waals surface area contributed by atoms with Crippen molar-refractivity contribution < 1.29 is 4.79 Å². The molecule has 4 heteroatoms. The maximum Gasteiger partial charge on any atom is 0.195 e. The van der Waals surface area contributed by atoms with Crippen molar-refractivity contribution in [1.29, 1.82) is 0 Å². The molecule has 0 amide bonds. The van der Waals surface area contributed by atoms with E-state index < -0.39 is 0 Å². The first-order chi connectivity index (χ1) is 10.0. The Morgan fingerprint density at radius 2 is 1.86 bits per heavy atom. The lowest BCUT2D eigenvalue weighted by atomic mass is 10.0.